The number of amides is 1. The van der Waals surface area contributed by atoms with E-state index in [1.54, 1.807) is 32.4 Å². The molecule has 3 rings (SSSR count). The van der Waals surface area contributed by atoms with Crippen LogP contribution in [0.15, 0.2) is 58.2 Å². The number of aromatic nitrogens is 2. The molecule has 0 saturated heterocycles. The van der Waals surface area contributed by atoms with E-state index in [0.717, 1.165) is 5.56 Å². The number of thioether (sulfide) groups is 1. The molecular formula is C18H17N3O4S. The van der Waals surface area contributed by atoms with E-state index in [1.165, 1.54) is 11.8 Å². The van der Waals surface area contributed by atoms with Crippen LogP contribution in [0.25, 0.3) is 11.5 Å². The zero-order valence-corrected chi connectivity index (χ0v) is 15.1. The minimum Gasteiger partial charge on any atom is -0.493 e. The molecular weight excluding hydrogens is 354 g/mol. The van der Waals surface area contributed by atoms with Crippen LogP contribution in [0.1, 0.15) is 0 Å². The predicted molar refractivity (Wildman–Crippen MR) is 98.6 cm³/mol. The van der Waals surface area contributed by atoms with Crippen molar-refractivity contribution in [2.24, 2.45) is 0 Å². The summed E-state index contributed by atoms with van der Waals surface area (Å²) in [6.45, 7) is 0. The molecule has 0 unspecified atom stereocenters. The van der Waals surface area contributed by atoms with Crippen molar-refractivity contribution in [1.29, 1.82) is 0 Å². The van der Waals surface area contributed by atoms with Gasteiger partial charge in [0.25, 0.3) is 5.22 Å². The number of carbonyl (C=O) groups is 1. The molecule has 0 spiro atoms. The molecule has 0 atom stereocenters. The van der Waals surface area contributed by atoms with Crippen LogP contribution in [0.3, 0.4) is 0 Å². The second-order valence-electron chi connectivity index (χ2n) is 5.15. The topological polar surface area (TPSA) is 86.5 Å². The molecule has 0 saturated carbocycles. The molecule has 3 aromatic rings. The Morgan fingerprint density at radius 3 is 2.58 bits per heavy atom. The highest BCUT2D eigenvalue weighted by molar-refractivity contribution is 7.99. The van der Waals surface area contributed by atoms with E-state index in [2.05, 4.69) is 15.5 Å². The van der Waals surface area contributed by atoms with Crippen molar-refractivity contribution in [2.75, 3.05) is 25.3 Å². The lowest BCUT2D eigenvalue weighted by Gasteiger charge is -2.10. The molecule has 0 aliphatic heterocycles. The summed E-state index contributed by atoms with van der Waals surface area (Å²) >= 11 is 1.17. The number of rotatable bonds is 7. The van der Waals surface area contributed by atoms with Gasteiger partial charge in [-0.2, -0.15) is 0 Å². The molecule has 1 heterocycles. The van der Waals surface area contributed by atoms with Gasteiger partial charge in [0.2, 0.25) is 11.8 Å². The Morgan fingerprint density at radius 1 is 1.08 bits per heavy atom. The summed E-state index contributed by atoms with van der Waals surface area (Å²) in [7, 11) is 3.10. The fraction of sp³-hybridized carbons (Fsp3) is 0.167. The molecule has 26 heavy (non-hydrogen) atoms. The second-order valence-corrected chi connectivity index (χ2v) is 6.07. The zero-order valence-electron chi connectivity index (χ0n) is 14.3. The van der Waals surface area contributed by atoms with Crippen LogP contribution in [0.4, 0.5) is 5.69 Å². The van der Waals surface area contributed by atoms with Crippen LogP contribution in [0, 0.1) is 0 Å². The first-order valence-electron chi connectivity index (χ1n) is 7.73. The first-order valence-corrected chi connectivity index (χ1v) is 8.71. The molecule has 2 aromatic carbocycles. The van der Waals surface area contributed by atoms with E-state index in [1.807, 2.05) is 30.3 Å². The summed E-state index contributed by atoms with van der Waals surface area (Å²) in [4.78, 5) is 12.1. The summed E-state index contributed by atoms with van der Waals surface area (Å²) in [5.41, 5.74) is 1.45. The number of nitrogens with one attached hydrogen (secondary N) is 1. The number of hydrogen-bond acceptors (Lipinski definition) is 7. The second kappa shape index (κ2) is 8.39. The summed E-state index contributed by atoms with van der Waals surface area (Å²) in [5.74, 6) is 1.52. The Bertz CT molecular complexity index is 883. The van der Waals surface area contributed by atoms with Gasteiger partial charge in [0.1, 0.15) is 0 Å². The van der Waals surface area contributed by atoms with Gasteiger partial charge in [0.05, 0.1) is 20.0 Å². The molecule has 1 N–H and O–H groups in total. The molecule has 0 aliphatic carbocycles. The third kappa shape index (κ3) is 4.34. The largest absolute Gasteiger partial charge is 0.493 e. The molecule has 1 aromatic heterocycles. The average Bonchev–Trinajstić information content (AvgIpc) is 3.16. The van der Waals surface area contributed by atoms with Crippen molar-refractivity contribution in [3.63, 3.8) is 0 Å². The fourth-order valence-corrected chi connectivity index (χ4v) is 2.77. The predicted octanol–water partition coefficient (Wildman–Crippen LogP) is 3.48. The number of ether oxygens (including phenoxy) is 2. The van der Waals surface area contributed by atoms with E-state index in [0.29, 0.717) is 28.3 Å². The lowest BCUT2D eigenvalue weighted by molar-refractivity contribution is -0.113. The average molecular weight is 371 g/mol. The molecule has 8 heteroatoms. The lowest BCUT2D eigenvalue weighted by Crippen LogP contribution is -2.14. The minimum absolute atomic E-state index is 0.144. The maximum Gasteiger partial charge on any atom is 0.277 e. The Kier molecular flexibility index (Phi) is 5.75. The van der Waals surface area contributed by atoms with E-state index in [-0.39, 0.29) is 11.7 Å². The van der Waals surface area contributed by atoms with Gasteiger partial charge in [0.15, 0.2) is 11.5 Å². The van der Waals surface area contributed by atoms with Crippen molar-refractivity contribution in [1.82, 2.24) is 10.2 Å². The number of hydrogen-bond donors (Lipinski definition) is 1. The van der Waals surface area contributed by atoms with Crippen molar-refractivity contribution in [2.45, 2.75) is 5.22 Å². The summed E-state index contributed by atoms with van der Waals surface area (Å²) in [5, 5.41) is 11.1. The fourth-order valence-electron chi connectivity index (χ4n) is 2.20. The highest BCUT2D eigenvalue weighted by atomic mass is 32.2. The molecule has 1 amide bonds. The smallest absolute Gasteiger partial charge is 0.277 e. The summed E-state index contributed by atoms with van der Waals surface area (Å²) < 4.78 is 15.9. The Labute approximate surface area is 154 Å². The van der Waals surface area contributed by atoms with Gasteiger partial charge in [-0.25, -0.2) is 0 Å². The highest BCUT2D eigenvalue weighted by Gasteiger charge is 2.12. The molecule has 134 valence electrons. The number of nitrogens with zero attached hydrogens (tertiary/aromatic N) is 2. The number of benzene rings is 2. The van der Waals surface area contributed by atoms with Crippen LogP contribution in [-0.2, 0) is 4.79 Å². The monoisotopic (exact) mass is 371 g/mol. The van der Waals surface area contributed by atoms with Gasteiger partial charge in [0, 0.05) is 17.3 Å². The van der Waals surface area contributed by atoms with Gasteiger partial charge in [-0.15, -0.1) is 10.2 Å². The van der Waals surface area contributed by atoms with E-state index < -0.39 is 0 Å². The number of methoxy groups -OCH3 is 2. The maximum absolute atomic E-state index is 12.1. The molecule has 0 aliphatic rings. The molecule has 7 nitrogen and oxygen atoms in total. The van der Waals surface area contributed by atoms with Crippen molar-refractivity contribution < 1.29 is 18.7 Å². The quantitative estimate of drug-likeness (QED) is 0.636. The Morgan fingerprint density at radius 2 is 1.85 bits per heavy atom. The summed E-state index contributed by atoms with van der Waals surface area (Å²) in [6, 6.07) is 14.6. The zero-order chi connectivity index (χ0) is 18.4. The normalized spacial score (nSPS) is 10.4. The van der Waals surface area contributed by atoms with Crippen LogP contribution in [0.5, 0.6) is 11.5 Å². The van der Waals surface area contributed by atoms with Crippen molar-refractivity contribution in [3.05, 3.63) is 48.5 Å². The lowest BCUT2D eigenvalue weighted by atomic mass is 10.2. The van der Waals surface area contributed by atoms with Crippen molar-refractivity contribution >= 4 is 23.4 Å². The number of anilines is 1. The molecule has 0 fully saturated rings. The van der Waals surface area contributed by atoms with E-state index in [9.17, 15) is 4.79 Å². The minimum atomic E-state index is -0.193. The maximum atomic E-state index is 12.1. The van der Waals surface area contributed by atoms with Gasteiger partial charge < -0.3 is 19.2 Å². The first-order chi connectivity index (χ1) is 12.7. The van der Waals surface area contributed by atoms with Crippen molar-refractivity contribution in [3.8, 4) is 23.0 Å². The van der Waals surface area contributed by atoms with Gasteiger partial charge in [-0.3, -0.25) is 4.79 Å². The third-order valence-electron chi connectivity index (χ3n) is 3.42. The standard InChI is InChI=1S/C18H17N3O4S/c1-23-14-9-8-13(10-15(14)24-2)19-16(22)11-26-18-21-20-17(25-18)12-6-4-3-5-7-12/h3-10H,11H2,1-2H3,(H,19,22). The van der Waals surface area contributed by atoms with E-state index in [4.69, 9.17) is 13.9 Å². The van der Waals surface area contributed by atoms with Crippen LogP contribution in [0.2, 0.25) is 0 Å². The van der Waals surface area contributed by atoms with Crippen LogP contribution < -0.4 is 14.8 Å². The third-order valence-corrected chi connectivity index (χ3v) is 4.24. The summed E-state index contributed by atoms with van der Waals surface area (Å²) in [6.07, 6.45) is 0. The van der Waals surface area contributed by atoms with Gasteiger partial charge in [-0.1, -0.05) is 30.0 Å². The highest BCUT2D eigenvalue weighted by Crippen LogP contribution is 2.30. The SMILES string of the molecule is COc1ccc(NC(=O)CSc2nnc(-c3ccccc3)o2)cc1OC. The number of carbonyl (C=O) groups excluding carboxylic acids is 1. The molecule has 0 bridgehead atoms. The van der Waals surface area contributed by atoms with Gasteiger partial charge in [-0.05, 0) is 24.3 Å². The first kappa shape index (κ1) is 17.8. The Balaban J connectivity index is 1.57. The van der Waals surface area contributed by atoms with Gasteiger partial charge >= 0.3 is 0 Å². The van der Waals surface area contributed by atoms with Crippen LogP contribution in [-0.4, -0.2) is 36.1 Å². The molecule has 0 radical (unpaired) electrons. The van der Waals surface area contributed by atoms with E-state index >= 15 is 0 Å². The Hall–Kier alpha value is -3.00. The van der Waals surface area contributed by atoms with Crippen LogP contribution >= 0.6 is 11.8 Å².